The summed E-state index contributed by atoms with van der Waals surface area (Å²) in [6, 6.07) is 8.13. The lowest BCUT2D eigenvalue weighted by Gasteiger charge is -2.05. The molecule has 0 bridgehead atoms. The molecular weight excluding hydrogens is 228 g/mol. The minimum Gasteiger partial charge on any atom is -0.380 e. The van der Waals surface area contributed by atoms with Gasteiger partial charge in [-0.2, -0.15) is 0 Å². The van der Waals surface area contributed by atoms with Gasteiger partial charge in [0.2, 0.25) is 0 Å². The van der Waals surface area contributed by atoms with Gasteiger partial charge in [0.05, 0.1) is 12.1 Å². The molecule has 0 aliphatic heterocycles. The van der Waals surface area contributed by atoms with Crippen molar-refractivity contribution < 1.29 is 0 Å². The molecule has 0 aliphatic rings. The Morgan fingerprint density at radius 2 is 2.33 bits per heavy atom. The monoisotopic (exact) mass is 238 g/mol. The van der Waals surface area contributed by atoms with E-state index in [9.17, 15) is 0 Å². The van der Waals surface area contributed by atoms with Crippen LogP contribution >= 0.6 is 22.9 Å². The second-order valence-corrected chi connectivity index (χ2v) is 4.39. The third-order valence-electron chi connectivity index (χ3n) is 2.03. The summed E-state index contributed by atoms with van der Waals surface area (Å²) in [7, 11) is 0. The highest BCUT2D eigenvalue weighted by Crippen LogP contribution is 2.14. The van der Waals surface area contributed by atoms with Crippen molar-refractivity contribution in [2.45, 2.75) is 12.4 Å². The van der Waals surface area contributed by atoms with Crippen molar-refractivity contribution in [2.75, 3.05) is 5.32 Å². The Labute approximate surface area is 97.9 Å². The molecular formula is C11H11ClN2S. The fraction of sp³-hybridized carbons (Fsp3) is 0.182. The lowest BCUT2D eigenvalue weighted by molar-refractivity contribution is 1.17. The first-order chi connectivity index (χ1) is 7.38. The molecule has 2 aromatic rings. The quantitative estimate of drug-likeness (QED) is 0.825. The Morgan fingerprint density at radius 3 is 3.07 bits per heavy atom. The molecule has 1 heterocycles. The number of halogens is 1. The van der Waals surface area contributed by atoms with Crippen LogP contribution in [0.15, 0.2) is 36.0 Å². The number of alkyl halides is 1. The molecule has 0 unspecified atom stereocenters. The van der Waals surface area contributed by atoms with Crippen LogP contribution in [0, 0.1) is 0 Å². The van der Waals surface area contributed by atoms with Gasteiger partial charge in [-0.15, -0.1) is 22.9 Å². The maximum Gasteiger partial charge on any atom is 0.0794 e. The van der Waals surface area contributed by atoms with Crippen LogP contribution in [0.3, 0.4) is 0 Å². The summed E-state index contributed by atoms with van der Waals surface area (Å²) in [5.41, 5.74) is 4.07. The van der Waals surface area contributed by atoms with Gasteiger partial charge < -0.3 is 5.32 Å². The molecule has 78 valence electrons. The molecule has 0 spiro atoms. The van der Waals surface area contributed by atoms with Gasteiger partial charge in [0.15, 0.2) is 0 Å². The Bertz CT molecular complexity index is 414. The summed E-state index contributed by atoms with van der Waals surface area (Å²) in [6.45, 7) is 0.816. The van der Waals surface area contributed by atoms with Crippen LogP contribution in [0.2, 0.25) is 0 Å². The normalized spacial score (nSPS) is 10.2. The zero-order chi connectivity index (χ0) is 10.5. The number of nitrogens with one attached hydrogen (secondary N) is 1. The first-order valence-electron chi connectivity index (χ1n) is 4.64. The molecule has 0 amide bonds. The first kappa shape index (κ1) is 10.5. The number of thiazole rings is 1. The van der Waals surface area contributed by atoms with E-state index in [-0.39, 0.29) is 0 Å². The van der Waals surface area contributed by atoms with Crippen molar-refractivity contribution in [3.63, 3.8) is 0 Å². The molecule has 2 rings (SSSR count). The molecule has 0 saturated heterocycles. The predicted molar refractivity (Wildman–Crippen MR) is 65.4 cm³/mol. The summed E-state index contributed by atoms with van der Waals surface area (Å²) < 4.78 is 0. The zero-order valence-electron chi connectivity index (χ0n) is 8.11. The van der Waals surface area contributed by atoms with Crippen molar-refractivity contribution in [3.05, 3.63) is 46.4 Å². The van der Waals surface area contributed by atoms with E-state index in [1.807, 2.05) is 29.9 Å². The second-order valence-electron chi connectivity index (χ2n) is 3.16. The molecule has 15 heavy (non-hydrogen) atoms. The number of aromatic nitrogens is 1. The van der Waals surface area contributed by atoms with E-state index in [4.69, 9.17) is 11.6 Å². The standard InChI is InChI=1S/C11H11ClN2S/c12-5-9-2-1-3-10(4-9)14-7-11-6-13-8-15-11/h1-4,6,8,14H,5,7H2. The van der Waals surface area contributed by atoms with Gasteiger partial charge in [0.1, 0.15) is 0 Å². The predicted octanol–water partition coefficient (Wildman–Crippen LogP) is 3.49. The average Bonchev–Trinajstić information content (AvgIpc) is 2.79. The van der Waals surface area contributed by atoms with E-state index in [2.05, 4.69) is 16.4 Å². The van der Waals surface area contributed by atoms with Crippen LogP contribution in [0.4, 0.5) is 5.69 Å². The molecule has 1 N–H and O–H groups in total. The van der Waals surface area contributed by atoms with Crippen LogP contribution in [-0.2, 0) is 12.4 Å². The van der Waals surface area contributed by atoms with Gasteiger partial charge in [-0.05, 0) is 17.7 Å². The largest absolute Gasteiger partial charge is 0.380 e. The van der Waals surface area contributed by atoms with Crippen molar-refractivity contribution in [1.29, 1.82) is 0 Å². The third-order valence-corrected chi connectivity index (χ3v) is 3.12. The van der Waals surface area contributed by atoms with Crippen LogP contribution in [-0.4, -0.2) is 4.98 Å². The molecule has 0 fully saturated rings. The molecule has 0 atom stereocenters. The summed E-state index contributed by atoms with van der Waals surface area (Å²) in [5, 5.41) is 3.33. The zero-order valence-corrected chi connectivity index (χ0v) is 9.68. The molecule has 4 heteroatoms. The highest BCUT2D eigenvalue weighted by Gasteiger charge is 1.96. The molecule has 0 radical (unpaired) electrons. The number of benzene rings is 1. The fourth-order valence-electron chi connectivity index (χ4n) is 1.28. The maximum atomic E-state index is 5.76. The van der Waals surface area contributed by atoms with E-state index in [0.29, 0.717) is 5.88 Å². The number of anilines is 1. The topological polar surface area (TPSA) is 24.9 Å². The van der Waals surface area contributed by atoms with Gasteiger partial charge in [0.25, 0.3) is 0 Å². The minimum atomic E-state index is 0.552. The van der Waals surface area contributed by atoms with Crippen molar-refractivity contribution in [1.82, 2.24) is 4.98 Å². The number of rotatable bonds is 4. The molecule has 1 aromatic carbocycles. The van der Waals surface area contributed by atoms with Crippen molar-refractivity contribution in [2.24, 2.45) is 0 Å². The van der Waals surface area contributed by atoms with Gasteiger partial charge in [-0.25, -0.2) is 0 Å². The highest BCUT2D eigenvalue weighted by atomic mass is 35.5. The van der Waals surface area contributed by atoms with Gasteiger partial charge in [0, 0.05) is 22.6 Å². The Morgan fingerprint density at radius 1 is 1.40 bits per heavy atom. The Kier molecular flexibility index (Phi) is 3.59. The SMILES string of the molecule is ClCc1cccc(NCc2cncs2)c1. The second kappa shape index (κ2) is 5.14. The summed E-state index contributed by atoms with van der Waals surface area (Å²) >= 11 is 7.42. The molecule has 1 aromatic heterocycles. The molecule has 0 aliphatic carbocycles. The van der Waals surface area contributed by atoms with Crippen LogP contribution in [0.5, 0.6) is 0 Å². The number of nitrogens with zero attached hydrogens (tertiary/aromatic N) is 1. The lowest BCUT2D eigenvalue weighted by Crippen LogP contribution is -1.97. The summed E-state index contributed by atoms with van der Waals surface area (Å²) in [4.78, 5) is 5.25. The van der Waals surface area contributed by atoms with E-state index < -0.39 is 0 Å². The van der Waals surface area contributed by atoms with E-state index in [1.54, 1.807) is 11.3 Å². The van der Waals surface area contributed by atoms with E-state index >= 15 is 0 Å². The summed E-state index contributed by atoms with van der Waals surface area (Å²) in [6.07, 6.45) is 1.88. The summed E-state index contributed by atoms with van der Waals surface area (Å²) in [5.74, 6) is 0.552. The Hall–Kier alpha value is -1.06. The third kappa shape index (κ3) is 2.94. The Balaban J connectivity index is 1.98. The van der Waals surface area contributed by atoms with Gasteiger partial charge >= 0.3 is 0 Å². The average molecular weight is 239 g/mol. The first-order valence-corrected chi connectivity index (χ1v) is 6.06. The van der Waals surface area contributed by atoms with Crippen LogP contribution < -0.4 is 5.32 Å². The number of hydrogen-bond donors (Lipinski definition) is 1. The minimum absolute atomic E-state index is 0.552. The molecule has 2 nitrogen and oxygen atoms in total. The van der Waals surface area contributed by atoms with Crippen LogP contribution in [0.1, 0.15) is 10.4 Å². The van der Waals surface area contributed by atoms with Gasteiger partial charge in [-0.3, -0.25) is 4.98 Å². The highest BCUT2D eigenvalue weighted by molar-refractivity contribution is 7.09. The molecule has 0 saturated carbocycles. The smallest absolute Gasteiger partial charge is 0.0794 e. The lowest BCUT2D eigenvalue weighted by atomic mass is 10.2. The van der Waals surface area contributed by atoms with Gasteiger partial charge in [-0.1, -0.05) is 12.1 Å². The maximum absolute atomic E-state index is 5.76. The van der Waals surface area contributed by atoms with E-state index in [0.717, 1.165) is 17.8 Å². The van der Waals surface area contributed by atoms with Crippen molar-refractivity contribution >= 4 is 28.6 Å². The number of hydrogen-bond acceptors (Lipinski definition) is 3. The van der Waals surface area contributed by atoms with Crippen LogP contribution in [0.25, 0.3) is 0 Å². The van der Waals surface area contributed by atoms with Crippen molar-refractivity contribution in [3.8, 4) is 0 Å². The van der Waals surface area contributed by atoms with E-state index in [1.165, 1.54) is 4.88 Å². The fourth-order valence-corrected chi connectivity index (χ4v) is 1.98.